The molecule has 0 fully saturated rings. The van der Waals surface area contributed by atoms with Crippen molar-refractivity contribution < 1.29 is 33.5 Å². The molecule has 11 heteroatoms. The number of amides is 2. The molecule has 1 heterocycles. The first kappa shape index (κ1) is 24.2. The molecule has 2 aromatic carbocycles. The predicted octanol–water partition coefficient (Wildman–Crippen LogP) is 3.40. The van der Waals surface area contributed by atoms with Crippen LogP contribution in [-0.4, -0.2) is 36.6 Å². The van der Waals surface area contributed by atoms with E-state index in [4.69, 9.17) is 14.2 Å². The van der Waals surface area contributed by atoms with Gasteiger partial charge in [-0.15, -0.1) is 0 Å². The number of methoxy groups -OCH3 is 1. The third-order valence-corrected chi connectivity index (χ3v) is 4.94. The average molecular weight is 469 g/mol. The van der Waals surface area contributed by atoms with E-state index in [0.717, 1.165) is 6.07 Å². The smallest absolute Gasteiger partial charge is 0.343 e. The topological polar surface area (TPSA) is 146 Å². The lowest BCUT2D eigenvalue weighted by Gasteiger charge is -2.28. The van der Waals surface area contributed by atoms with Crippen LogP contribution >= 0.6 is 0 Å². The molecule has 2 amide bonds. The number of non-ortho nitro benzene ring substituents is 1. The van der Waals surface area contributed by atoms with Crippen molar-refractivity contribution in [2.75, 3.05) is 13.7 Å². The summed E-state index contributed by atoms with van der Waals surface area (Å²) in [7, 11) is 1.36. The molecular weight excluding hydrogens is 446 g/mol. The van der Waals surface area contributed by atoms with Crippen molar-refractivity contribution in [1.29, 1.82) is 0 Å². The maximum atomic E-state index is 12.6. The number of nitro benzene ring substituents is 1. The van der Waals surface area contributed by atoms with Gasteiger partial charge in [-0.2, -0.15) is 0 Å². The molecule has 1 unspecified atom stereocenters. The van der Waals surface area contributed by atoms with Gasteiger partial charge in [0.15, 0.2) is 11.5 Å². The van der Waals surface area contributed by atoms with Gasteiger partial charge < -0.3 is 24.8 Å². The second kappa shape index (κ2) is 10.5. The minimum atomic E-state index is -0.825. The van der Waals surface area contributed by atoms with E-state index in [2.05, 4.69) is 10.6 Å². The van der Waals surface area contributed by atoms with Gasteiger partial charge in [-0.05, 0) is 37.1 Å². The van der Waals surface area contributed by atoms with Crippen LogP contribution in [0.15, 0.2) is 53.7 Å². The summed E-state index contributed by atoms with van der Waals surface area (Å²) in [5.74, 6) is -1.18. The van der Waals surface area contributed by atoms with Crippen molar-refractivity contribution in [3.8, 4) is 11.5 Å². The molecule has 2 aromatic rings. The number of nitrogens with one attached hydrogen (secondary N) is 2. The largest absolute Gasteiger partial charge is 0.493 e. The number of rotatable bonds is 8. The van der Waals surface area contributed by atoms with Gasteiger partial charge in [-0.3, -0.25) is 10.1 Å². The second-order valence-electron chi connectivity index (χ2n) is 7.31. The first-order valence-corrected chi connectivity index (χ1v) is 10.3. The fraction of sp³-hybridized carbons (Fsp3) is 0.261. The normalized spacial score (nSPS) is 15.1. The number of ether oxygens (including phenoxy) is 3. The Hall–Kier alpha value is -4.41. The SMILES string of the molecule is CCCOC(=O)C1=C(C)NC(=O)NC1c1ccc(OC(=O)c2cccc([N+](=O)[O-])c2)c(OC)c1. The van der Waals surface area contributed by atoms with Gasteiger partial charge in [0.05, 0.1) is 35.8 Å². The maximum absolute atomic E-state index is 12.6. The van der Waals surface area contributed by atoms with E-state index in [1.807, 2.05) is 6.92 Å². The number of benzene rings is 2. The lowest BCUT2D eigenvalue weighted by molar-refractivity contribution is -0.384. The van der Waals surface area contributed by atoms with Crippen LogP contribution in [0, 0.1) is 10.1 Å². The number of nitro groups is 1. The van der Waals surface area contributed by atoms with Crippen LogP contribution in [0.2, 0.25) is 0 Å². The van der Waals surface area contributed by atoms with E-state index in [0.29, 0.717) is 17.7 Å². The fourth-order valence-corrected chi connectivity index (χ4v) is 3.34. The number of carbonyl (C=O) groups excluding carboxylic acids is 3. The van der Waals surface area contributed by atoms with E-state index < -0.39 is 28.9 Å². The maximum Gasteiger partial charge on any atom is 0.343 e. The van der Waals surface area contributed by atoms with Crippen LogP contribution in [0.3, 0.4) is 0 Å². The van der Waals surface area contributed by atoms with Crippen LogP contribution in [0.5, 0.6) is 11.5 Å². The molecule has 1 atom stereocenters. The van der Waals surface area contributed by atoms with Gasteiger partial charge in [-0.1, -0.05) is 19.1 Å². The number of nitrogens with zero attached hydrogens (tertiary/aromatic N) is 1. The lowest BCUT2D eigenvalue weighted by Crippen LogP contribution is -2.45. The van der Waals surface area contributed by atoms with Crippen molar-refractivity contribution in [2.24, 2.45) is 0 Å². The molecule has 0 saturated heterocycles. The molecule has 0 bridgehead atoms. The Morgan fingerprint density at radius 2 is 1.88 bits per heavy atom. The summed E-state index contributed by atoms with van der Waals surface area (Å²) in [6, 6.07) is 8.35. The van der Waals surface area contributed by atoms with Crippen LogP contribution in [0.1, 0.15) is 42.2 Å². The molecule has 3 rings (SSSR count). The number of hydrogen-bond acceptors (Lipinski definition) is 8. The first-order valence-electron chi connectivity index (χ1n) is 10.3. The Morgan fingerprint density at radius 1 is 1.12 bits per heavy atom. The summed E-state index contributed by atoms with van der Waals surface area (Å²) in [5, 5.41) is 16.2. The third-order valence-electron chi connectivity index (χ3n) is 4.94. The zero-order valence-electron chi connectivity index (χ0n) is 18.7. The van der Waals surface area contributed by atoms with Gasteiger partial charge in [0.2, 0.25) is 0 Å². The molecule has 0 radical (unpaired) electrons. The summed E-state index contributed by atoms with van der Waals surface area (Å²) < 4.78 is 16.0. The van der Waals surface area contributed by atoms with Crippen molar-refractivity contribution in [3.63, 3.8) is 0 Å². The number of esters is 2. The van der Waals surface area contributed by atoms with Crippen LogP contribution < -0.4 is 20.1 Å². The Bertz CT molecular complexity index is 1170. The van der Waals surface area contributed by atoms with Crippen LogP contribution in [0.4, 0.5) is 10.5 Å². The fourth-order valence-electron chi connectivity index (χ4n) is 3.34. The zero-order valence-corrected chi connectivity index (χ0v) is 18.7. The molecule has 34 heavy (non-hydrogen) atoms. The Morgan fingerprint density at radius 3 is 2.56 bits per heavy atom. The average Bonchev–Trinajstić information content (AvgIpc) is 2.82. The van der Waals surface area contributed by atoms with Gasteiger partial charge in [0.25, 0.3) is 5.69 Å². The van der Waals surface area contributed by atoms with Gasteiger partial charge in [-0.25, -0.2) is 14.4 Å². The second-order valence-corrected chi connectivity index (χ2v) is 7.31. The summed E-state index contributed by atoms with van der Waals surface area (Å²) in [6.07, 6.45) is 0.640. The summed E-state index contributed by atoms with van der Waals surface area (Å²) in [6.45, 7) is 3.69. The van der Waals surface area contributed by atoms with Crippen LogP contribution in [0.25, 0.3) is 0 Å². The molecule has 0 spiro atoms. The van der Waals surface area contributed by atoms with Crippen molar-refractivity contribution in [2.45, 2.75) is 26.3 Å². The molecular formula is C23H23N3O8. The summed E-state index contributed by atoms with van der Waals surface area (Å²) >= 11 is 0. The van der Waals surface area contributed by atoms with Crippen molar-refractivity contribution >= 4 is 23.7 Å². The molecule has 0 saturated carbocycles. The summed E-state index contributed by atoms with van der Waals surface area (Å²) in [4.78, 5) is 47.6. The van der Waals surface area contributed by atoms with Gasteiger partial charge >= 0.3 is 18.0 Å². The van der Waals surface area contributed by atoms with Crippen molar-refractivity contribution in [3.05, 3.63) is 75.0 Å². The quantitative estimate of drug-likeness (QED) is 0.259. The van der Waals surface area contributed by atoms with Crippen LogP contribution in [-0.2, 0) is 9.53 Å². The molecule has 11 nitrogen and oxygen atoms in total. The summed E-state index contributed by atoms with van der Waals surface area (Å²) in [5.41, 5.74) is 0.824. The Labute approximate surface area is 194 Å². The first-order chi connectivity index (χ1) is 16.2. The van der Waals surface area contributed by atoms with E-state index in [1.54, 1.807) is 13.0 Å². The van der Waals surface area contributed by atoms with E-state index >= 15 is 0 Å². The van der Waals surface area contributed by atoms with Crippen molar-refractivity contribution in [1.82, 2.24) is 10.6 Å². The molecule has 2 N–H and O–H groups in total. The third kappa shape index (κ3) is 5.31. The van der Waals surface area contributed by atoms with E-state index in [9.17, 15) is 24.5 Å². The highest BCUT2D eigenvalue weighted by molar-refractivity contribution is 5.95. The Kier molecular flexibility index (Phi) is 7.46. The highest BCUT2D eigenvalue weighted by Crippen LogP contribution is 2.35. The van der Waals surface area contributed by atoms with Gasteiger partial charge in [0.1, 0.15) is 0 Å². The number of hydrogen-bond donors (Lipinski definition) is 2. The highest BCUT2D eigenvalue weighted by Gasteiger charge is 2.33. The minimum Gasteiger partial charge on any atom is -0.493 e. The van der Waals surface area contributed by atoms with E-state index in [1.165, 1.54) is 37.4 Å². The number of carbonyl (C=O) groups is 3. The lowest BCUT2D eigenvalue weighted by atomic mass is 9.95. The van der Waals surface area contributed by atoms with E-state index in [-0.39, 0.29) is 34.9 Å². The number of allylic oxidation sites excluding steroid dienone is 1. The number of urea groups is 1. The molecule has 1 aliphatic heterocycles. The Balaban J connectivity index is 1.90. The monoisotopic (exact) mass is 469 g/mol. The molecule has 0 aliphatic carbocycles. The predicted molar refractivity (Wildman–Crippen MR) is 119 cm³/mol. The molecule has 0 aromatic heterocycles. The highest BCUT2D eigenvalue weighted by atomic mass is 16.6. The minimum absolute atomic E-state index is 0.00883. The standard InChI is InChI=1S/C23H23N3O8/c1-4-10-33-22(28)19-13(2)24-23(29)25-20(19)14-8-9-17(18(12-14)32-3)34-21(27)15-6-5-7-16(11-15)26(30)31/h5-9,11-12,20H,4,10H2,1-3H3,(H2,24,25,29). The molecule has 1 aliphatic rings. The molecule has 178 valence electrons. The van der Waals surface area contributed by atoms with Gasteiger partial charge in [0, 0.05) is 17.8 Å². The zero-order chi connectivity index (χ0) is 24.8.